The number of nitriles is 1. The van der Waals surface area contributed by atoms with Gasteiger partial charge in [0.15, 0.2) is 0 Å². The van der Waals surface area contributed by atoms with E-state index in [1.807, 2.05) is 0 Å². The molecule has 1 N–H and O–H groups in total. The average molecular weight is 159 g/mol. The summed E-state index contributed by atoms with van der Waals surface area (Å²) >= 11 is 0. The molecule has 0 spiro atoms. The van der Waals surface area contributed by atoms with E-state index in [1.165, 1.54) is 19.3 Å². The molecule has 0 aromatic rings. The number of hydrogen-bond donors (Lipinski definition) is 1. The van der Waals surface area contributed by atoms with Gasteiger partial charge in [-0.3, -0.25) is 5.32 Å². The molecule has 0 radical (unpaired) electrons. The lowest BCUT2D eigenvalue weighted by atomic mass is 10.0. The predicted molar refractivity (Wildman–Crippen MR) is 40.9 cm³/mol. The topological polar surface area (TPSA) is 35.8 Å². The van der Waals surface area contributed by atoms with Crippen LogP contribution < -0.4 is 5.32 Å². The van der Waals surface area contributed by atoms with E-state index in [-0.39, 0.29) is 18.4 Å². The van der Waals surface area contributed by atoms with Crippen molar-refractivity contribution in [2.24, 2.45) is 5.92 Å². The van der Waals surface area contributed by atoms with Crippen LogP contribution in [0, 0.1) is 17.2 Å². The summed E-state index contributed by atoms with van der Waals surface area (Å²) in [7, 11) is 0. The minimum absolute atomic E-state index is 0. The molecule has 1 aliphatic heterocycles. The highest BCUT2D eigenvalue weighted by atomic mass is 35.5. The largest absolute Gasteiger partial charge is 0.299 e. The first kappa shape index (κ1) is 7.84. The number of nitrogens with zero attached hydrogens (tertiary/aromatic N) is 1. The van der Waals surface area contributed by atoms with Crippen LogP contribution >= 0.6 is 12.4 Å². The van der Waals surface area contributed by atoms with Gasteiger partial charge in [0.2, 0.25) is 0 Å². The lowest BCUT2D eigenvalue weighted by molar-refractivity contribution is 0.443. The Bertz CT molecular complexity index is 163. The molecule has 2 rings (SSSR count). The Labute approximate surface area is 67.0 Å². The molecule has 0 aromatic carbocycles. The second kappa shape index (κ2) is 2.77. The summed E-state index contributed by atoms with van der Waals surface area (Å²) in [5.41, 5.74) is 0. The highest BCUT2D eigenvalue weighted by Gasteiger charge is 2.38. The van der Waals surface area contributed by atoms with Crippen molar-refractivity contribution in [2.45, 2.75) is 31.3 Å². The summed E-state index contributed by atoms with van der Waals surface area (Å²) in [6, 6.07) is 3.15. The average Bonchev–Trinajstić information content (AvgIpc) is 2.45. The van der Waals surface area contributed by atoms with Gasteiger partial charge >= 0.3 is 0 Å². The molecule has 1 saturated carbocycles. The highest BCUT2D eigenvalue weighted by Crippen LogP contribution is 2.34. The smallest absolute Gasteiger partial charge is 0.0984 e. The predicted octanol–water partition coefficient (Wildman–Crippen LogP) is 1.07. The molecule has 2 aliphatic rings. The van der Waals surface area contributed by atoms with Crippen LogP contribution in [-0.4, -0.2) is 12.1 Å². The fourth-order valence-corrected chi connectivity index (χ4v) is 2.00. The fraction of sp³-hybridized carbons (Fsp3) is 0.857. The van der Waals surface area contributed by atoms with Crippen molar-refractivity contribution >= 4 is 12.4 Å². The second-order valence-electron chi connectivity index (χ2n) is 3.04. The van der Waals surface area contributed by atoms with Gasteiger partial charge in [-0.05, 0) is 25.2 Å². The van der Waals surface area contributed by atoms with Gasteiger partial charge < -0.3 is 0 Å². The number of halogens is 1. The number of nitrogens with one attached hydrogen (secondary N) is 1. The van der Waals surface area contributed by atoms with Gasteiger partial charge in [0.05, 0.1) is 12.1 Å². The number of hydrogen-bond acceptors (Lipinski definition) is 2. The zero-order valence-corrected chi connectivity index (χ0v) is 6.53. The Kier molecular flexibility index (Phi) is 2.18. The van der Waals surface area contributed by atoms with Crippen molar-refractivity contribution in [2.75, 3.05) is 0 Å². The summed E-state index contributed by atoms with van der Waals surface area (Å²) in [4.78, 5) is 0. The third-order valence-corrected chi connectivity index (χ3v) is 2.50. The van der Waals surface area contributed by atoms with Gasteiger partial charge in [-0.25, -0.2) is 0 Å². The second-order valence-corrected chi connectivity index (χ2v) is 3.04. The summed E-state index contributed by atoms with van der Waals surface area (Å²) in [5, 5.41) is 11.9. The normalized spacial score (nSPS) is 42.5. The lowest BCUT2D eigenvalue weighted by Gasteiger charge is -2.15. The standard InChI is InChI=1S/C7H10N2.ClH/c8-4-7-5-1-2-6(3-5)9-7;/h5-7,9H,1-3H2;1H/t5-,6+,7+;/m0./s1. The molecule has 1 aliphatic carbocycles. The first-order valence-electron chi connectivity index (χ1n) is 3.56. The van der Waals surface area contributed by atoms with Gasteiger partial charge in [0, 0.05) is 6.04 Å². The van der Waals surface area contributed by atoms with Gasteiger partial charge in [0.1, 0.15) is 0 Å². The first-order valence-corrected chi connectivity index (χ1v) is 3.56. The van der Waals surface area contributed by atoms with Gasteiger partial charge in [-0.2, -0.15) is 5.26 Å². The molecule has 0 amide bonds. The maximum atomic E-state index is 8.58. The third kappa shape index (κ3) is 1.00. The van der Waals surface area contributed by atoms with E-state index < -0.39 is 0 Å². The Hall–Kier alpha value is -0.260. The van der Waals surface area contributed by atoms with Crippen LogP contribution in [0.3, 0.4) is 0 Å². The number of piperidine rings is 1. The monoisotopic (exact) mass is 158 g/mol. The highest BCUT2D eigenvalue weighted by molar-refractivity contribution is 5.85. The quantitative estimate of drug-likeness (QED) is 0.573. The van der Waals surface area contributed by atoms with Crippen LogP contribution in [0.1, 0.15) is 19.3 Å². The van der Waals surface area contributed by atoms with Crippen molar-refractivity contribution in [3.05, 3.63) is 0 Å². The van der Waals surface area contributed by atoms with Crippen LogP contribution in [0.2, 0.25) is 0 Å². The van der Waals surface area contributed by atoms with Crippen molar-refractivity contribution < 1.29 is 0 Å². The fourth-order valence-electron chi connectivity index (χ4n) is 2.00. The van der Waals surface area contributed by atoms with E-state index in [0.717, 1.165) is 0 Å². The summed E-state index contributed by atoms with van der Waals surface area (Å²) < 4.78 is 0. The minimum atomic E-state index is 0. The molecule has 2 nitrogen and oxygen atoms in total. The van der Waals surface area contributed by atoms with Crippen LogP contribution in [-0.2, 0) is 0 Å². The van der Waals surface area contributed by atoms with E-state index in [1.54, 1.807) is 0 Å². The van der Waals surface area contributed by atoms with Gasteiger partial charge in [0.25, 0.3) is 0 Å². The third-order valence-electron chi connectivity index (χ3n) is 2.50. The van der Waals surface area contributed by atoms with E-state index in [2.05, 4.69) is 11.4 Å². The minimum Gasteiger partial charge on any atom is -0.299 e. The Balaban J connectivity index is 0.000000500. The zero-order chi connectivity index (χ0) is 6.27. The maximum absolute atomic E-state index is 8.58. The SMILES string of the molecule is Cl.N#C[C@H]1N[C@@H]2CC[C@H]1C2. The Morgan fingerprint density at radius 3 is 2.50 bits per heavy atom. The maximum Gasteiger partial charge on any atom is 0.0984 e. The van der Waals surface area contributed by atoms with E-state index in [9.17, 15) is 0 Å². The van der Waals surface area contributed by atoms with Crippen molar-refractivity contribution in [3.63, 3.8) is 0 Å². The Morgan fingerprint density at radius 1 is 1.40 bits per heavy atom. The molecule has 0 unspecified atom stereocenters. The zero-order valence-electron chi connectivity index (χ0n) is 5.71. The molecule has 0 aromatic heterocycles. The van der Waals surface area contributed by atoms with E-state index in [0.29, 0.717) is 12.0 Å². The molecule has 2 bridgehead atoms. The molecule has 1 heterocycles. The first-order chi connectivity index (χ1) is 4.40. The van der Waals surface area contributed by atoms with Crippen LogP contribution in [0.15, 0.2) is 0 Å². The lowest BCUT2D eigenvalue weighted by Crippen LogP contribution is -2.33. The molecule has 56 valence electrons. The summed E-state index contributed by atoms with van der Waals surface area (Å²) in [5.74, 6) is 0.681. The number of rotatable bonds is 0. The number of fused-ring (bicyclic) bond motifs is 2. The summed E-state index contributed by atoms with van der Waals surface area (Å²) in [6.45, 7) is 0. The summed E-state index contributed by atoms with van der Waals surface area (Å²) in [6.07, 6.45) is 3.82. The van der Waals surface area contributed by atoms with Gasteiger partial charge in [-0.15, -0.1) is 12.4 Å². The van der Waals surface area contributed by atoms with Crippen molar-refractivity contribution in [3.8, 4) is 6.07 Å². The Morgan fingerprint density at radius 2 is 2.20 bits per heavy atom. The van der Waals surface area contributed by atoms with Crippen molar-refractivity contribution in [1.82, 2.24) is 5.32 Å². The van der Waals surface area contributed by atoms with Gasteiger partial charge in [-0.1, -0.05) is 0 Å². The molecule has 1 saturated heterocycles. The molecule has 3 heteroatoms. The molecular weight excluding hydrogens is 148 g/mol. The van der Waals surface area contributed by atoms with E-state index >= 15 is 0 Å². The molecular formula is C7H11ClN2. The molecule has 2 fully saturated rings. The van der Waals surface area contributed by atoms with Crippen LogP contribution in [0.25, 0.3) is 0 Å². The van der Waals surface area contributed by atoms with Crippen molar-refractivity contribution in [1.29, 1.82) is 5.26 Å². The van der Waals surface area contributed by atoms with Crippen LogP contribution in [0.5, 0.6) is 0 Å². The van der Waals surface area contributed by atoms with Crippen LogP contribution in [0.4, 0.5) is 0 Å². The van der Waals surface area contributed by atoms with E-state index in [4.69, 9.17) is 5.26 Å². The molecule has 3 atom stereocenters. The molecule has 10 heavy (non-hydrogen) atoms.